The van der Waals surface area contributed by atoms with Crippen molar-refractivity contribution in [3.05, 3.63) is 23.8 Å². The van der Waals surface area contributed by atoms with E-state index in [1.807, 2.05) is 6.26 Å². The molecule has 2 rings (SSSR count). The minimum Gasteiger partial charge on any atom is -0.389 e. The van der Waals surface area contributed by atoms with E-state index in [9.17, 15) is 0 Å². The van der Waals surface area contributed by atoms with Crippen molar-refractivity contribution >= 4 is 46.4 Å². The molecule has 2 nitrogen and oxygen atoms in total. The fraction of sp³-hybridized carbons (Fsp3) is 0.462. The summed E-state index contributed by atoms with van der Waals surface area (Å²) in [5, 5.41) is 4.23. The van der Waals surface area contributed by atoms with Crippen LogP contribution in [0.2, 0.25) is 0 Å². The third-order valence-electron chi connectivity index (χ3n) is 3.04. The minimum atomic E-state index is 0.474. The summed E-state index contributed by atoms with van der Waals surface area (Å²) in [4.78, 5) is 1.62. The Morgan fingerprint density at radius 3 is 3.06 bits per heavy atom. The molecule has 1 unspecified atom stereocenters. The van der Waals surface area contributed by atoms with Crippen LogP contribution in [0.5, 0.6) is 0 Å². The number of hydrogen-bond donors (Lipinski definition) is 2. The van der Waals surface area contributed by atoms with Crippen LogP contribution in [0.3, 0.4) is 0 Å². The van der Waals surface area contributed by atoms with Crippen LogP contribution >= 0.6 is 35.7 Å². The van der Waals surface area contributed by atoms with E-state index in [0.717, 1.165) is 27.9 Å². The van der Waals surface area contributed by atoms with Crippen molar-refractivity contribution in [3.63, 3.8) is 0 Å². The molecule has 3 N–H and O–H groups in total. The van der Waals surface area contributed by atoms with E-state index in [4.69, 9.17) is 18.0 Å². The molecule has 98 valence electrons. The van der Waals surface area contributed by atoms with Crippen LogP contribution in [-0.4, -0.2) is 28.8 Å². The van der Waals surface area contributed by atoms with Gasteiger partial charge in [0.1, 0.15) is 4.99 Å². The van der Waals surface area contributed by atoms with E-state index in [2.05, 4.69) is 35.3 Å². The summed E-state index contributed by atoms with van der Waals surface area (Å²) >= 11 is 8.91. The first-order chi connectivity index (χ1) is 8.72. The second-order valence-corrected chi connectivity index (χ2v) is 6.96. The van der Waals surface area contributed by atoms with Gasteiger partial charge in [-0.15, -0.1) is 11.8 Å². The van der Waals surface area contributed by atoms with E-state index in [0.29, 0.717) is 4.99 Å². The Kier molecular flexibility index (Phi) is 5.21. The van der Waals surface area contributed by atoms with Gasteiger partial charge in [0.15, 0.2) is 0 Å². The molecule has 1 fully saturated rings. The monoisotopic (exact) mass is 298 g/mol. The molecule has 5 heteroatoms. The lowest BCUT2D eigenvalue weighted by molar-refractivity contribution is 0.805. The van der Waals surface area contributed by atoms with Gasteiger partial charge in [-0.3, -0.25) is 0 Å². The van der Waals surface area contributed by atoms with Crippen LogP contribution in [0.4, 0.5) is 5.69 Å². The number of benzene rings is 1. The van der Waals surface area contributed by atoms with Gasteiger partial charge < -0.3 is 11.1 Å². The molecule has 1 aliphatic heterocycles. The third-order valence-corrected chi connectivity index (χ3v) is 5.42. The summed E-state index contributed by atoms with van der Waals surface area (Å²) in [6.45, 7) is 0.998. The molecule has 0 bridgehead atoms. The number of hydrogen-bond acceptors (Lipinski definition) is 4. The molecule has 0 spiro atoms. The number of rotatable bonds is 5. The van der Waals surface area contributed by atoms with Gasteiger partial charge in [0.25, 0.3) is 0 Å². The Morgan fingerprint density at radius 2 is 2.44 bits per heavy atom. The summed E-state index contributed by atoms with van der Waals surface area (Å²) in [6.07, 6.45) is 4.69. The van der Waals surface area contributed by atoms with Gasteiger partial charge in [0.05, 0.1) is 0 Å². The summed E-state index contributed by atoms with van der Waals surface area (Å²) in [6, 6.07) is 6.18. The second kappa shape index (κ2) is 6.68. The molecular formula is C13H18N2S3. The van der Waals surface area contributed by atoms with E-state index in [1.54, 1.807) is 11.8 Å². The molecule has 0 amide bonds. The fourth-order valence-electron chi connectivity index (χ4n) is 2.13. The van der Waals surface area contributed by atoms with E-state index in [1.165, 1.54) is 18.6 Å². The Labute approximate surface area is 122 Å². The van der Waals surface area contributed by atoms with Crippen molar-refractivity contribution in [1.82, 2.24) is 0 Å². The normalized spacial score (nSPS) is 18.8. The number of anilines is 1. The maximum Gasteiger partial charge on any atom is 0.107 e. The zero-order chi connectivity index (χ0) is 13.0. The van der Waals surface area contributed by atoms with Gasteiger partial charge in [0, 0.05) is 27.9 Å². The van der Waals surface area contributed by atoms with Gasteiger partial charge in [-0.05, 0) is 37.0 Å². The molecule has 0 saturated carbocycles. The highest BCUT2D eigenvalue weighted by atomic mass is 32.2. The lowest BCUT2D eigenvalue weighted by Crippen LogP contribution is -2.18. The predicted octanol–water partition coefficient (Wildman–Crippen LogP) is 3.35. The van der Waals surface area contributed by atoms with Gasteiger partial charge in [-0.1, -0.05) is 18.3 Å². The van der Waals surface area contributed by atoms with Gasteiger partial charge in [0.2, 0.25) is 0 Å². The number of thioether (sulfide) groups is 2. The highest BCUT2D eigenvalue weighted by molar-refractivity contribution is 8.00. The molecular weight excluding hydrogens is 280 g/mol. The zero-order valence-corrected chi connectivity index (χ0v) is 12.9. The molecule has 1 aliphatic rings. The summed E-state index contributed by atoms with van der Waals surface area (Å²) in [5.41, 5.74) is 7.91. The first-order valence-corrected chi connectivity index (χ1v) is 8.73. The average Bonchev–Trinajstić information content (AvgIpc) is 2.88. The molecule has 18 heavy (non-hydrogen) atoms. The van der Waals surface area contributed by atoms with Crippen LogP contribution in [0.1, 0.15) is 18.4 Å². The lowest BCUT2D eigenvalue weighted by atomic mass is 10.1. The molecule has 1 aromatic carbocycles. The van der Waals surface area contributed by atoms with Crippen molar-refractivity contribution in [2.45, 2.75) is 23.0 Å². The Bertz CT molecular complexity index is 428. The summed E-state index contributed by atoms with van der Waals surface area (Å²) < 4.78 is 0. The van der Waals surface area contributed by atoms with Crippen LogP contribution in [0.15, 0.2) is 23.1 Å². The Balaban J connectivity index is 2.13. The highest BCUT2D eigenvalue weighted by Crippen LogP contribution is 2.29. The van der Waals surface area contributed by atoms with Crippen molar-refractivity contribution in [3.8, 4) is 0 Å². The Morgan fingerprint density at radius 1 is 1.61 bits per heavy atom. The highest BCUT2D eigenvalue weighted by Gasteiger charge is 2.16. The fourth-order valence-corrected chi connectivity index (χ4v) is 4.26. The van der Waals surface area contributed by atoms with E-state index in [-0.39, 0.29) is 0 Å². The largest absolute Gasteiger partial charge is 0.389 e. The van der Waals surface area contributed by atoms with Crippen LogP contribution in [-0.2, 0) is 0 Å². The quantitative estimate of drug-likeness (QED) is 0.644. The maximum absolute atomic E-state index is 5.85. The minimum absolute atomic E-state index is 0.474. The van der Waals surface area contributed by atoms with E-state index < -0.39 is 0 Å². The molecule has 0 aromatic heterocycles. The van der Waals surface area contributed by atoms with Crippen molar-refractivity contribution in [2.75, 3.05) is 23.9 Å². The Hall–Kier alpha value is -0.390. The third kappa shape index (κ3) is 3.33. The lowest BCUT2D eigenvalue weighted by Gasteiger charge is -2.16. The zero-order valence-electron chi connectivity index (χ0n) is 10.4. The molecule has 1 atom stereocenters. The molecule has 1 saturated heterocycles. The first-order valence-electron chi connectivity index (χ1n) is 6.04. The second-order valence-electron chi connectivity index (χ2n) is 4.26. The smallest absolute Gasteiger partial charge is 0.107 e. The standard InChI is InChI=1S/C13H18N2S3/c1-17-11-6-2-5-10(12(11)13(14)16)15-8-9-4-3-7-18-9/h2,5-6,9,15H,3-4,7-8H2,1H3,(H2,14,16). The molecule has 0 aliphatic carbocycles. The van der Waals surface area contributed by atoms with Crippen molar-refractivity contribution in [1.29, 1.82) is 0 Å². The number of nitrogens with two attached hydrogens (primary N) is 1. The topological polar surface area (TPSA) is 38.0 Å². The first kappa shape index (κ1) is 14.0. The van der Waals surface area contributed by atoms with Crippen LogP contribution < -0.4 is 11.1 Å². The van der Waals surface area contributed by atoms with Crippen molar-refractivity contribution in [2.24, 2.45) is 5.73 Å². The molecule has 1 aromatic rings. The predicted molar refractivity (Wildman–Crippen MR) is 88.1 cm³/mol. The van der Waals surface area contributed by atoms with Gasteiger partial charge in [-0.25, -0.2) is 0 Å². The molecule has 0 radical (unpaired) electrons. The number of thiocarbonyl (C=S) groups is 1. The van der Waals surface area contributed by atoms with Crippen LogP contribution in [0, 0.1) is 0 Å². The molecule has 1 heterocycles. The summed E-state index contributed by atoms with van der Waals surface area (Å²) in [5.74, 6) is 1.29. The van der Waals surface area contributed by atoms with Gasteiger partial charge in [-0.2, -0.15) is 11.8 Å². The summed E-state index contributed by atoms with van der Waals surface area (Å²) in [7, 11) is 0. The average molecular weight is 299 g/mol. The van der Waals surface area contributed by atoms with Gasteiger partial charge >= 0.3 is 0 Å². The maximum atomic E-state index is 5.85. The number of nitrogens with one attached hydrogen (secondary N) is 1. The SMILES string of the molecule is CSc1cccc(NCC2CCCS2)c1C(N)=S. The van der Waals surface area contributed by atoms with Crippen molar-refractivity contribution < 1.29 is 0 Å². The van der Waals surface area contributed by atoms with Crippen LogP contribution in [0.25, 0.3) is 0 Å². The van der Waals surface area contributed by atoms with E-state index >= 15 is 0 Å².